The van der Waals surface area contributed by atoms with Gasteiger partial charge < -0.3 is 0 Å². The maximum atomic E-state index is 4.45. The highest BCUT2D eigenvalue weighted by Crippen LogP contribution is 2.55. The van der Waals surface area contributed by atoms with Crippen LogP contribution in [-0.2, 0) is 0 Å². The summed E-state index contributed by atoms with van der Waals surface area (Å²) >= 11 is 0. The van der Waals surface area contributed by atoms with Gasteiger partial charge >= 0.3 is 0 Å². The number of hydrogen-bond donors (Lipinski definition) is 6. The first kappa shape index (κ1) is 26.4. The average molecular weight is 545 g/mol. The van der Waals surface area contributed by atoms with Gasteiger partial charge in [-0.05, 0) is 80.3 Å². The van der Waals surface area contributed by atoms with Crippen molar-refractivity contribution in [2.75, 3.05) is 0 Å². The van der Waals surface area contributed by atoms with Crippen LogP contribution in [0, 0.1) is 47.3 Å². The lowest BCUT2D eigenvalue weighted by atomic mass is 9.74. The average Bonchev–Trinajstić information content (AvgIpc) is 3.69. The molecule has 6 heteroatoms. The number of hydrogen-bond acceptors (Lipinski definition) is 6. The van der Waals surface area contributed by atoms with Gasteiger partial charge in [-0.15, -0.1) is 13.2 Å². The number of allylic oxidation sites excluding steroid dienone is 2. The maximum Gasteiger partial charge on any atom is 0.0659 e. The molecule has 16 atom stereocenters. The Labute approximate surface area is 241 Å². The molecule has 4 aliphatic carbocycles. The first-order chi connectivity index (χ1) is 19.7. The van der Waals surface area contributed by atoms with Gasteiger partial charge in [0.2, 0.25) is 0 Å². The van der Waals surface area contributed by atoms with E-state index in [2.05, 4.69) is 83.2 Å². The molecule has 0 amide bonds. The van der Waals surface area contributed by atoms with Crippen molar-refractivity contribution in [2.24, 2.45) is 47.3 Å². The van der Waals surface area contributed by atoms with Gasteiger partial charge in [-0.2, -0.15) is 0 Å². The lowest BCUT2D eigenvalue weighted by molar-refractivity contribution is 0.127. The third-order valence-corrected chi connectivity index (χ3v) is 13.1. The third kappa shape index (κ3) is 3.69. The molecule has 0 spiro atoms. The summed E-state index contributed by atoms with van der Waals surface area (Å²) in [6.45, 7) is 13.2. The fourth-order valence-corrected chi connectivity index (χ4v) is 11.7. The molecule has 8 fully saturated rings. The minimum absolute atomic E-state index is 0.187. The van der Waals surface area contributed by atoms with E-state index in [4.69, 9.17) is 0 Å². The molecule has 4 aliphatic heterocycles. The zero-order valence-electron chi connectivity index (χ0n) is 24.6. The second kappa shape index (κ2) is 10.2. The predicted octanol–water partition coefficient (Wildman–Crippen LogP) is 3.73. The Kier molecular flexibility index (Phi) is 6.70. The van der Waals surface area contributed by atoms with Gasteiger partial charge in [-0.25, -0.2) is 0 Å². The second-order valence-electron chi connectivity index (χ2n) is 14.4. The van der Waals surface area contributed by atoms with E-state index in [-0.39, 0.29) is 12.3 Å². The summed E-state index contributed by atoms with van der Waals surface area (Å²) in [5.41, 5.74) is 3.04. The van der Waals surface area contributed by atoms with Crippen molar-refractivity contribution >= 4 is 0 Å². The van der Waals surface area contributed by atoms with E-state index in [1.54, 1.807) is 0 Å². The quantitative estimate of drug-likeness (QED) is 0.298. The van der Waals surface area contributed by atoms with Crippen LogP contribution < -0.4 is 31.9 Å². The van der Waals surface area contributed by atoms with Crippen LogP contribution in [0.5, 0.6) is 0 Å². The van der Waals surface area contributed by atoms with Crippen molar-refractivity contribution in [1.29, 1.82) is 0 Å². The lowest BCUT2D eigenvalue weighted by Crippen LogP contribution is -2.59. The molecule has 218 valence electrons. The van der Waals surface area contributed by atoms with Gasteiger partial charge in [0.25, 0.3) is 0 Å². The normalized spacial score (nSPS) is 56.6. The summed E-state index contributed by atoms with van der Waals surface area (Å²) in [4.78, 5) is 0. The molecule has 4 heterocycles. The predicted molar refractivity (Wildman–Crippen MR) is 162 cm³/mol. The smallest absolute Gasteiger partial charge is 0.0659 e. The molecule has 4 saturated carbocycles. The maximum absolute atomic E-state index is 4.45. The Balaban J connectivity index is 1.30. The fourth-order valence-electron chi connectivity index (χ4n) is 11.7. The summed E-state index contributed by atoms with van der Waals surface area (Å²) in [6, 6.07) is 1.71. The summed E-state index contributed by atoms with van der Waals surface area (Å²) in [7, 11) is 0. The van der Waals surface area contributed by atoms with Crippen molar-refractivity contribution in [3.63, 3.8) is 0 Å². The van der Waals surface area contributed by atoms with Crippen LogP contribution >= 0.6 is 0 Å². The van der Waals surface area contributed by atoms with E-state index in [1.165, 1.54) is 62.5 Å². The minimum Gasteiger partial charge on any atom is -0.298 e. The minimum atomic E-state index is 0.187. The number of rotatable bonds is 2. The van der Waals surface area contributed by atoms with Crippen LogP contribution in [0.15, 0.2) is 48.6 Å². The van der Waals surface area contributed by atoms with E-state index in [9.17, 15) is 0 Å². The molecule has 8 rings (SSSR count). The molecular weight excluding hydrogens is 492 g/mol. The van der Waals surface area contributed by atoms with Crippen LogP contribution in [0.4, 0.5) is 0 Å². The summed E-state index contributed by atoms with van der Waals surface area (Å²) < 4.78 is 0. The van der Waals surface area contributed by atoms with E-state index in [0.717, 1.165) is 23.7 Å². The molecule has 0 aromatic carbocycles. The molecule has 16 unspecified atom stereocenters. The Morgan fingerprint density at radius 1 is 0.525 bits per heavy atom. The van der Waals surface area contributed by atoms with Crippen LogP contribution in [0.3, 0.4) is 0 Å². The van der Waals surface area contributed by atoms with E-state index in [0.29, 0.717) is 60.2 Å². The van der Waals surface area contributed by atoms with E-state index >= 15 is 0 Å². The Morgan fingerprint density at radius 2 is 0.950 bits per heavy atom. The highest BCUT2D eigenvalue weighted by atomic mass is 15.3. The molecule has 8 aliphatic rings. The topological polar surface area (TPSA) is 72.2 Å². The van der Waals surface area contributed by atoms with Gasteiger partial charge in [0, 0.05) is 41.9 Å². The molecule has 6 N–H and O–H groups in total. The van der Waals surface area contributed by atoms with Crippen molar-refractivity contribution in [3.05, 3.63) is 48.6 Å². The third-order valence-electron chi connectivity index (χ3n) is 13.1. The summed E-state index contributed by atoms with van der Waals surface area (Å²) in [6.07, 6.45) is 21.5. The van der Waals surface area contributed by atoms with Gasteiger partial charge in [0.05, 0.1) is 24.7 Å². The largest absolute Gasteiger partial charge is 0.298 e. The molecule has 0 aromatic heterocycles. The van der Waals surface area contributed by atoms with Gasteiger partial charge in [-0.1, -0.05) is 50.0 Å². The first-order valence-electron chi connectivity index (χ1n) is 16.8. The van der Waals surface area contributed by atoms with Crippen molar-refractivity contribution in [2.45, 2.75) is 114 Å². The van der Waals surface area contributed by atoms with Crippen LogP contribution in [0.1, 0.15) is 65.2 Å². The fraction of sp³-hybridized carbons (Fsp3) is 0.765. The highest BCUT2D eigenvalue weighted by molar-refractivity contribution is 5.48. The molecule has 40 heavy (non-hydrogen) atoms. The van der Waals surface area contributed by atoms with Crippen molar-refractivity contribution in [3.8, 4) is 0 Å². The zero-order chi connectivity index (χ0) is 27.1. The molecule has 6 nitrogen and oxygen atoms in total. The SMILES string of the molecule is C=CC1C2NC(NC3C4CCCCC4C4NC5NC(NC6C(=C/C)/C(=C\C)C(N2)C6C34)C2CCCCC52)C1C=C. The second-order valence-corrected chi connectivity index (χ2v) is 14.4. The van der Waals surface area contributed by atoms with Gasteiger partial charge in [0.1, 0.15) is 0 Å². The lowest BCUT2D eigenvalue weighted by Gasteiger charge is -2.43. The Morgan fingerprint density at radius 3 is 1.48 bits per heavy atom. The van der Waals surface area contributed by atoms with Crippen LogP contribution in [0.2, 0.25) is 0 Å². The van der Waals surface area contributed by atoms with Crippen LogP contribution in [0.25, 0.3) is 0 Å². The van der Waals surface area contributed by atoms with Gasteiger partial charge in [0.15, 0.2) is 0 Å². The number of nitrogens with one attached hydrogen (secondary N) is 6. The first-order valence-corrected chi connectivity index (χ1v) is 16.8. The zero-order valence-corrected chi connectivity index (χ0v) is 24.6. The van der Waals surface area contributed by atoms with E-state index < -0.39 is 0 Å². The number of fused-ring (bicyclic) bond motifs is 10. The van der Waals surface area contributed by atoms with Gasteiger partial charge in [-0.3, -0.25) is 31.9 Å². The van der Waals surface area contributed by atoms with Crippen molar-refractivity contribution < 1.29 is 0 Å². The summed E-state index contributed by atoms with van der Waals surface area (Å²) in [5.74, 6) is 4.66. The Hall–Kier alpha value is -1.28. The van der Waals surface area contributed by atoms with Crippen LogP contribution in [-0.4, -0.2) is 48.8 Å². The molecule has 4 saturated heterocycles. The summed E-state index contributed by atoms with van der Waals surface area (Å²) in [5, 5.41) is 25.6. The Bertz CT molecular complexity index is 1080. The van der Waals surface area contributed by atoms with Crippen molar-refractivity contribution in [1.82, 2.24) is 31.9 Å². The monoisotopic (exact) mass is 544 g/mol. The molecular formula is C34H52N6. The van der Waals surface area contributed by atoms with E-state index in [1.807, 2.05) is 0 Å². The molecule has 0 aromatic rings. The standard InChI is InChI=1S/C34H52N6/c1-5-17-18(6-2)28-25-26-29(37-32-20(8-4)19(7-3)31(39-32)35-27(17)25)21-13-9-10-14-22(21)30(26)38-34-24-16-12-11-15-23(24)33(36-28)40-34/h5-8,19-40H,3-4,9-16H2,1-2H3/b17-5+,18-6+. The molecule has 0 radical (unpaired) electrons. The molecule has 4 bridgehead atoms. The highest BCUT2D eigenvalue weighted by Gasteiger charge is 2.63.